The van der Waals surface area contributed by atoms with Crippen molar-refractivity contribution in [2.45, 2.75) is 19.4 Å². The average molecular weight is 333 g/mol. The highest BCUT2D eigenvalue weighted by atomic mass is 79.9. The van der Waals surface area contributed by atoms with Gasteiger partial charge in [-0.15, -0.1) is 11.3 Å². The lowest BCUT2D eigenvalue weighted by atomic mass is 9.97. The van der Waals surface area contributed by atoms with Gasteiger partial charge in [0.15, 0.2) is 0 Å². The van der Waals surface area contributed by atoms with Gasteiger partial charge in [0.1, 0.15) is 0 Å². The fourth-order valence-corrected chi connectivity index (χ4v) is 3.82. The summed E-state index contributed by atoms with van der Waals surface area (Å²) in [7, 11) is 0. The van der Waals surface area contributed by atoms with Gasteiger partial charge in [0.25, 0.3) is 0 Å². The minimum absolute atomic E-state index is 0.288. The molecule has 2 rings (SSSR count). The van der Waals surface area contributed by atoms with Gasteiger partial charge in [0.05, 0.1) is 6.61 Å². The fraction of sp³-hybridized carbons (Fsp3) is 0.692. The molecule has 5 heteroatoms. The number of aliphatic hydroxyl groups excluding tert-OH is 1. The molecule has 102 valence electrons. The molecule has 0 atom stereocenters. The van der Waals surface area contributed by atoms with Gasteiger partial charge >= 0.3 is 0 Å². The number of nitrogens with one attached hydrogen (secondary N) is 1. The van der Waals surface area contributed by atoms with E-state index in [-0.39, 0.29) is 6.61 Å². The maximum atomic E-state index is 8.90. The third kappa shape index (κ3) is 4.63. The molecular weight excluding hydrogens is 312 g/mol. The normalized spacial score (nSPS) is 18.3. The summed E-state index contributed by atoms with van der Waals surface area (Å²) in [6.07, 6.45) is 2.50. The predicted molar refractivity (Wildman–Crippen MR) is 80.0 cm³/mol. The minimum Gasteiger partial charge on any atom is -0.395 e. The Kier molecular flexibility index (Phi) is 6.11. The van der Waals surface area contributed by atoms with Crippen LogP contribution in [0, 0.1) is 5.92 Å². The van der Waals surface area contributed by atoms with Crippen molar-refractivity contribution in [2.24, 2.45) is 5.92 Å². The SMILES string of the molecule is OCCN1CCC(CNCc2cc(Br)cs2)CC1. The second-order valence-corrected chi connectivity index (χ2v) is 6.78. The van der Waals surface area contributed by atoms with Crippen molar-refractivity contribution in [3.05, 3.63) is 20.8 Å². The highest BCUT2D eigenvalue weighted by Crippen LogP contribution is 2.20. The molecule has 0 saturated carbocycles. The summed E-state index contributed by atoms with van der Waals surface area (Å²) < 4.78 is 1.18. The van der Waals surface area contributed by atoms with Crippen molar-refractivity contribution in [2.75, 3.05) is 32.8 Å². The van der Waals surface area contributed by atoms with Crippen molar-refractivity contribution < 1.29 is 5.11 Å². The third-order valence-electron chi connectivity index (χ3n) is 3.48. The van der Waals surface area contributed by atoms with Gasteiger partial charge in [-0.1, -0.05) is 0 Å². The second kappa shape index (κ2) is 7.60. The Labute approximate surface area is 121 Å². The standard InChI is InChI=1S/C13H21BrN2OS/c14-12-7-13(18-10-12)9-15-8-11-1-3-16(4-2-11)5-6-17/h7,10-11,15,17H,1-6,8-9H2. The number of thiophene rings is 1. The van der Waals surface area contributed by atoms with Crippen LogP contribution in [0.1, 0.15) is 17.7 Å². The van der Waals surface area contributed by atoms with Gasteiger partial charge in [-0.05, 0) is 60.4 Å². The van der Waals surface area contributed by atoms with E-state index in [1.54, 1.807) is 11.3 Å². The summed E-state index contributed by atoms with van der Waals surface area (Å²) in [5.41, 5.74) is 0. The van der Waals surface area contributed by atoms with Crippen molar-refractivity contribution in [1.29, 1.82) is 0 Å². The summed E-state index contributed by atoms with van der Waals surface area (Å²) in [5.74, 6) is 0.795. The first-order valence-electron chi connectivity index (χ1n) is 6.55. The third-order valence-corrected chi connectivity index (χ3v) is 5.17. The van der Waals surface area contributed by atoms with Crippen LogP contribution in [0.5, 0.6) is 0 Å². The largest absolute Gasteiger partial charge is 0.395 e. The van der Waals surface area contributed by atoms with Crippen LogP contribution in [0.2, 0.25) is 0 Å². The van der Waals surface area contributed by atoms with Crippen LogP contribution in [0.3, 0.4) is 0 Å². The van der Waals surface area contributed by atoms with Gasteiger partial charge < -0.3 is 15.3 Å². The zero-order chi connectivity index (χ0) is 12.8. The Morgan fingerprint density at radius 3 is 2.83 bits per heavy atom. The van der Waals surface area contributed by atoms with E-state index in [0.717, 1.165) is 38.6 Å². The maximum absolute atomic E-state index is 8.90. The summed E-state index contributed by atoms with van der Waals surface area (Å²) >= 11 is 5.28. The first kappa shape index (κ1) is 14.5. The predicted octanol–water partition coefficient (Wildman–Crippen LogP) is 2.30. The molecule has 1 aliphatic rings. The zero-order valence-electron chi connectivity index (χ0n) is 10.6. The Morgan fingerprint density at radius 1 is 1.44 bits per heavy atom. The molecule has 1 saturated heterocycles. The summed E-state index contributed by atoms with van der Waals surface area (Å²) in [5, 5.41) is 14.6. The van der Waals surface area contributed by atoms with E-state index in [0.29, 0.717) is 0 Å². The van der Waals surface area contributed by atoms with E-state index in [4.69, 9.17) is 5.11 Å². The van der Waals surface area contributed by atoms with E-state index in [1.165, 1.54) is 22.2 Å². The van der Waals surface area contributed by atoms with Crippen LogP contribution in [0.4, 0.5) is 0 Å². The Morgan fingerprint density at radius 2 is 2.22 bits per heavy atom. The fourth-order valence-electron chi connectivity index (χ4n) is 2.40. The quantitative estimate of drug-likeness (QED) is 0.839. The first-order valence-corrected chi connectivity index (χ1v) is 8.22. The molecule has 0 aromatic carbocycles. The number of hydrogen-bond acceptors (Lipinski definition) is 4. The molecule has 0 spiro atoms. The lowest BCUT2D eigenvalue weighted by Crippen LogP contribution is -2.38. The van der Waals surface area contributed by atoms with Crippen LogP contribution in [0.25, 0.3) is 0 Å². The van der Waals surface area contributed by atoms with Gasteiger partial charge in [-0.3, -0.25) is 0 Å². The molecule has 1 aromatic heterocycles. The summed E-state index contributed by atoms with van der Waals surface area (Å²) in [6.45, 7) is 5.49. The molecule has 0 unspecified atom stereocenters. The average Bonchev–Trinajstić information content (AvgIpc) is 2.78. The van der Waals surface area contributed by atoms with Crippen molar-refractivity contribution in [3.8, 4) is 0 Å². The molecule has 1 aromatic rings. The number of halogens is 1. The number of piperidine rings is 1. The topological polar surface area (TPSA) is 35.5 Å². The molecule has 0 bridgehead atoms. The van der Waals surface area contributed by atoms with Crippen LogP contribution in [0.15, 0.2) is 15.9 Å². The van der Waals surface area contributed by atoms with Crippen LogP contribution in [-0.4, -0.2) is 42.8 Å². The van der Waals surface area contributed by atoms with Gasteiger partial charge in [0, 0.05) is 27.8 Å². The van der Waals surface area contributed by atoms with Crippen LogP contribution in [-0.2, 0) is 6.54 Å². The number of β-amino-alcohol motifs (C(OH)–C–C–N with tert-alkyl or cyclic N) is 1. The van der Waals surface area contributed by atoms with E-state index in [2.05, 4.69) is 37.6 Å². The molecule has 0 radical (unpaired) electrons. The van der Waals surface area contributed by atoms with E-state index in [9.17, 15) is 0 Å². The van der Waals surface area contributed by atoms with Crippen molar-refractivity contribution in [3.63, 3.8) is 0 Å². The highest BCUT2D eigenvalue weighted by Gasteiger charge is 2.18. The Balaban J connectivity index is 1.60. The highest BCUT2D eigenvalue weighted by molar-refractivity contribution is 9.10. The Hall–Kier alpha value is 0.0600. The first-order chi connectivity index (χ1) is 8.78. The summed E-state index contributed by atoms with van der Waals surface area (Å²) in [6, 6.07) is 2.18. The Bertz CT molecular complexity index is 351. The molecule has 0 aliphatic carbocycles. The van der Waals surface area contributed by atoms with Gasteiger partial charge in [0.2, 0.25) is 0 Å². The van der Waals surface area contributed by atoms with Gasteiger partial charge in [-0.25, -0.2) is 0 Å². The zero-order valence-corrected chi connectivity index (χ0v) is 13.0. The molecular formula is C13H21BrN2OS. The number of nitrogens with zero attached hydrogens (tertiary/aromatic N) is 1. The molecule has 2 heterocycles. The molecule has 1 fully saturated rings. The molecule has 3 nitrogen and oxygen atoms in total. The number of rotatable bonds is 6. The van der Waals surface area contributed by atoms with Crippen molar-refractivity contribution >= 4 is 27.3 Å². The molecule has 1 aliphatic heterocycles. The van der Waals surface area contributed by atoms with E-state index < -0.39 is 0 Å². The molecule has 0 amide bonds. The lowest BCUT2D eigenvalue weighted by molar-refractivity contribution is 0.146. The van der Waals surface area contributed by atoms with Gasteiger partial charge in [-0.2, -0.15) is 0 Å². The smallest absolute Gasteiger partial charge is 0.0558 e. The molecule has 18 heavy (non-hydrogen) atoms. The van der Waals surface area contributed by atoms with Crippen LogP contribution < -0.4 is 5.32 Å². The maximum Gasteiger partial charge on any atom is 0.0558 e. The monoisotopic (exact) mass is 332 g/mol. The van der Waals surface area contributed by atoms with E-state index >= 15 is 0 Å². The molecule has 2 N–H and O–H groups in total. The van der Waals surface area contributed by atoms with Crippen molar-refractivity contribution in [1.82, 2.24) is 10.2 Å². The van der Waals surface area contributed by atoms with E-state index in [1.807, 2.05) is 0 Å². The summed E-state index contributed by atoms with van der Waals surface area (Å²) in [4.78, 5) is 3.74. The lowest BCUT2D eigenvalue weighted by Gasteiger charge is -2.31. The van der Waals surface area contributed by atoms with Crippen LogP contribution >= 0.6 is 27.3 Å². The number of aliphatic hydroxyl groups is 1. The second-order valence-electron chi connectivity index (χ2n) is 4.87. The number of hydrogen-bond donors (Lipinski definition) is 2. The number of likely N-dealkylation sites (tertiary alicyclic amines) is 1. The minimum atomic E-state index is 0.288.